The Bertz CT molecular complexity index is 1180. The van der Waals surface area contributed by atoms with Gasteiger partial charge in [-0.2, -0.15) is 0 Å². The molecule has 1 saturated heterocycles. The maximum Gasteiger partial charge on any atom is 0.328 e. The number of halogens is 1. The standard InChI is InChI=1S/C24H24ClN3O4/c1-2-32-24(31)21(16-7-9-18(25)10-8-16)27-11-13-28(14-12-27)23(30)20-15-17-5-3-4-6-19(17)22(29)26-20/h3-10,15,21H,2,11-14H2,1H3,(H,26,29). The van der Waals surface area contributed by atoms with Crippen LogP contribution in [0.5, 0.6) is 0 Å². The molecule has 2 heterocycles. The van der Waals surface area contributed by atoms with Crippen molar-refractivity contribution in [1.29, 1.82) is 0 Å². The Hall–Kier alpha value is -3.16. The van der Waals surface area contributed by atoms with Gasteiger partial charge >= 0.3 is 5.97 Å². The summed E-state index contributed by atoms with van der Waals surface area (Å²) in [4.78, 5) is 44.5. The number of piperazine rings is 1. The van der Waals surface area contributed by atoms with Crippen LogP contribution in [0.2, 0.25) is 5.02 Å². The number of carbonyl (C=O) groups excluding carboxylic acids is 2. The van der Waals surface area contributed by atoms with Gasteiger partial charge in [-0.05, 0) is 42.1 Å². The van der Waals surface area contributed by atoms with Crippen LogP contribution in [0.3, 0.4) is 0 Å². The topological polar surface area (TPSA) is 82.7 Å². The molecule has 4 rings (SSSR count). The Balaban J connectivity index is 1.50. The first-order valence-corrected chi connectivity index (χ1v) is 10.9. The van der Waals surface area contributed by atoms with Gasteiger partial charge in [-0.3, -0.25) is 14.5 Å². The fourth-order valence-corrected chi connectivity index (χ4v) is 4.17. The number of H-pyrrole nitrogens is 1. The zero-order valence-corrected chi connectivity index (χ0v) is 18.5. The SMILES string of the molecule is CCOC(=O)C(c1ccc(Cl)cc1)N1CCN(C(=O)c2cc3ccccc3c(=O)[nH]2)CC1. The molecule has 2 aromatic carbocycles. The van der Waals surface area contributed by atoms with Crippen LogP contribution < -0.4 is 5.56 Å². The molecule has 1 atom stereocenters. The maximum absolute atomic E-state index is 13.0. The number of pyridine rings is 1. The van der Waals surface area contributed by atoms with Gasteiger partial charge in [-0.25, -0.2) is 4.79 Å². The van der Waals surface area contributed by atoms with E-state index in [1.165, 1.54) is 0 Å². The van der Waals surface area contributed by atoms with E-state index in [0.29, 0.717) is 36.6 Å². The van der Waals surface area contributed by atoms with Crippen LogP contribution in [0.25, 0.3) is 10.8 Å². The zero-order chi connectivity index (χ0) is 22.7. The normalized spacial score (nSPS) is 15.5. The van der Waals surface area contributed by atoms with E-state index in [-0.39, 0.29) is 29.7 Å². The lowest BCUT2D eigenvalue weighted by Crippen LogP contribution is -2.51. The second-order valence-electron chi connectivity index (χ2n) is 7.63. The van der Waals surface area contributed by atoms with Crippen LogP contribution in [0, 0.1) is 0 Å². The van der Waals surface area contributed by atoms with Gasteiger partial charge in [0.15, 0.2) is 0 Å². The summed E-state index contributed by atoms with van der Waals surface area (Å²) >= 11 is 6.00. The first-order chi connectivity index (χ1) is 15.5. The van der Waals surface area contributed by atoms with Crippen molar-refractivity contribution in [2.24, 2.45) is 0 Å². The van der Waals surface area contributed by atoms with Gasteiger partial charge in [0.25, 0.3) is 11.5 Å². The largest absolute Gasteiger partial charge is 0.465 e. The third kappa shape index (κ3) is 4.54. The average Bonchev–Trinajstić information content (AvgIpc) is 2.81. The lowest BCUT2D eigenvalue weighted by atomic mass is 10.0. The third-order valence-corrected chi connectivity index (χ3v) is 5.90. The lowest BCUT2D eigenvalue weighted by molar-refractivity contribution is -0.150. The van der Waals surface area contributed by atoms with Crippen molar-refractivity contribution in [3.05, 3.63) is 81.2 Å². The molecule has 0 bridgehead atoms. The van der Waals surface area contributed by atoms with Crippen LogP contribution >= 0.6 is 11.6 Å². The van der Waals surface area contributed by atoms with Crippen molar-refractivity contribution in [3.8, 4) is 0 Å². The van der Waals surface area contributed by atoms with Crippen molar-refractivity contribution in [2.45, 2.75) is 13.0 Å². The molecule has 1 N–H and O–H groups in total. The minimum Gasteiger partial charge on any atom is -0.465 e. The summed E-state index contributed by atoms with van der Waals surface area (Å²) in [5.74, 6) is -0.555. The summed E-state index contributed by atoms with van der Waals surface area (Å²) in [6, 6.07) is 15.5. The number of nitrogens with zero attached hydrogens (tertiary/aromatic N) is 2. The molecule has 1 fully saturated rings. The van der Waals surface area contributed by atoms with E-state index in [9.17, 15) is 14.4 Å². The Morgan fingerprint density at radius 2 is 1.75 bits per heavy atom. The van der Waals surface area contributed by atoms with Crippen LogP contribution in [0.4, 0.5) is 0 Å². The molecule has 7 nitrogen and oxygen atoms in total. The van der Waals surface area contributed by atoms with Crippen LogP contribution in [-0.2, 0) is 9.53 Å². The van der Waals surface area contributed by atoms with Gasteiger partial charge in [0.2, 0.25) is 0 Å². The van der Waals surface area contributed by atoms with Gasteiger partial charge in [0, 0.05) is 36.6 Å². The fourth-order valence-electron chi connectivity index (χ4n) is 4.04. The number of aromatic nitrogens is 1. The first kappa shape index (κ1) is 22.0. The summed E-state index contributed by atoms with van der Waals surface area (Å²) < 4.78 is 5.31. The summed E-state index contributed by atoms with van der Waals surface area (Å²) in [6.07, 6.45) is 0. The average molecular weight is 454 g/mol. The molecule has 0 aliphatic carbocycles. The van der Waals surface area contributed by atoms with Gasteiger partial charge in [-0.15, -0.1) is 0 Å². The van der Waals surface area contributed by atoms with Crippen molar-refractivity contribution in [1.82, 2.24) is 14.8 Å². The highest BCUT2D eigenvalue weighted by Gasteiger charge is 2.33. The monoisotopic (exact) mass is 453 g/mol. The molecule has 1 aliphatic heterocycles. The smallest absolute Gasteiger partial charge is 0.328 e. The molecule has 8 heteroatoms. The molecule has 1 unspecified atom stereocenters. The van der Waals surface area contributed by atoms with E-state index >= 15 is 0 Å². The molecule has 1 amide bonds. The summed E-state index contributed by atoms with van der Waals surface area (Å²) in [5.41, 5.74) is 0.781. The first-order valence-electron chi connectivity index (χ1n) is 10.6. The van der Waals surface area contributed by atoms with Crippen molar-refractivity contribution in [2.75, 3.05) is 32.8 Å². The van der Waals surface area contributed by atoms with Gasteiger partial charge in [0.05, 0.1) is 6.61 Å². The maximum atomic E-state index is 13.0. The minimum atomic E-state index is -0.565. The molecule has 0 saturated carbocycles. The molecular weight excluding hydrogens is 430 g/mol. The molecule has 32 heavy (non-hydrogen) atoms. The van der Waals surface area contributed by atoms with Crippen molar-refractivity contribution < 1.29 is 14.3 Å². The second-order valence-corrected chi connectivity index (χ2v) is 8.07. The van der Waals surface area contributed by atoms with Gasteiger partial charge in [0.1, 0.15) is 11.7 Å². The number of hydrogen-bond donors (Lipinski definition) is 1. The Labute approximate surface area is 190 Å². The van der Waals surface area contributed by atoms with Crippen LogP contribution in [0.1, 0.15) is 29.0 Å². The number of nitrogens with one attached hydrogen (secondary N) is 1. The summed E-state index contributed by atoms with van der Waals surface area (Å²) in [7, 11) is 0. The van der Waals surface area contributed by atoms with Gasteiger partial charge < -0.3 is 14.6 Å². The van der Waals surface area contributed by atoms with Crippen molar-refractivity contribution >= 4 is 34.2 Å². The number of benzene rings is 2. The van der Waals surface area contributed by atoms with Gasteiger partial charge in [-0.1, -0.05) is 41.9 Å². The predicted octanol–water partition coefficient (Wildman–Crippen LogP) is 3.24. The van der Waals surface area contributed by atoms with E-state index in [2.05, 4.69) is 4.98 Å². The molecule has 3 aromatic rings. The number of hydrogen-bond acceptors (Lipinski definition) is 5. The third-order valence-electron chi connectivity index (χ3n) is 5.65. The molecule has 166 valence electrons. The minimum absolute atomic E-state index is 0.230. The molecule has 0 radical (unpaired) electrons. The number of carbonyl (C=O) groups is 2. The predicted molar refractivity (Wildman–Crippen MR) is 123 cm³/mol. The number of rotatable bonds is 5. The van der Waals surface area contributed by atoms with E-state index in [1.54, 1.807) is 42.2 Å². The lowest BCUT2D eigenvalue weighted by Gasteiger charge is -2.38. The fraction of sp³-hybridized carbons (Fsp3) is 0.292. The molecule has 0 spiro atoms. The van der Waals surface area contributed by atoms with Crippen LogP contribution in [-0.4, -0.2) is 59.4 Å². The number of aromatic amines is 1. The molecular formula is C24H24ClN3O4. The molecule has 1 aromatic heterocycles. The summed E-state index contributed by atoms with van der Waals surface area (Å²) in [6.45, 7) is 3.91. The van der Waals surface area contributed by atoms with E-state index in [1.807, 2.05) is 29.2 Å². The Morgan fingerprint density at radius 1 is 1.06 bits per heavy atom. The molecule has 1 aliphatic rings. The summed E-state index contributed by atoms with van der Waals surface area (Å²) in [5, 5.41) is 1.87. The second kappa shape index (κ2) is 9.54. The van der Waals surface area contributed by atoms with Crippen molar-refractivity contribution in [3.63, 3.8) is 0 Å². The highest BCUT2D eigenvalue weighted by Crippen LogP contribution is 2.26. The number of esters is 1. The Kier molecular flexibility index (Phi) is 6.58. The number of ether oxygens (including phenoxy) is 1. The number of fused-ring (bicyclic) bond motifs is 1. The Morgan fingerprint density at radius 3 is 2.44 bits per heavy atom. The van der Waals surface area contributed by atoms with E-state index in [0.717, 1.165) is 10.9 Å². The zero-order valence-electron chi connectivity index (χ0n) is 17.7. The highest BCUT2D eigenvalue weighted by molar-refractivity contribution is 6.30. The quantitative estimate of drug-likeness (QED) is 0.600. The van der Waals surface area contributed by atoms with E-state index < -0.39 is 6.04 Å². The van der Waals surface area contributed by atoms with Crippen LogP contribution in [0.15, 0.2) is 59.4 Å². The highest BCUT2D eigenvalue weighted by atomic mass is 35.5. The number of amides is 1. The van der Waals surface area contributed by atoms with E-state index in [4.69, 9.17) is 16.3 Å².